The van der Waals surface area contributed by atoms with Gasteiger partial charge in [-0.1, -0.05) is 11.6 Å². The van der Waals surface area contributed by atoms with Gasteiger partial charge in [0.25, 0.3) is 0 Å². The van der Waals surface area contributed by atoms with Gasteiger partial charge in [-0.05, 0) is 18.2 Å². The topological polar surface area (TPSA) is 60.0 Å². The molecule has 2 aliphatic heterocycles. The molecule has 2 fully saturated rings. The Morgan fingerprint density at radius 2 is 2.04 bits per heavy atom. The van der Waals surface area contributed by atoms with Crippen molar-refractivity contribution in [3.05, 3.63) is 23.2 Å². The van der Waals surface area contributed by atoms with Crippen molar-refractivity contribution < 1.29 is 19.0 Å². The standard InChI is InChI=1S/C16H21ClN2O4/c1-21-14-3-2-12(17)10-13(14)18-15(20)11-19-6-4-16(5-7-19)22-8-9-23-16/h2-3,10H,4-9,11H2,1H3,(H,18,20). The molecular weight excluding hydrogens is 320 g/mol. The van der Waals surface area contributed by atoms with Gasteiger partial charge in [-0.3, -0.25) is 9.69 Å². The summed E-state index contributed by atoms with van der Waals surface area (Å²) in [5.74, 6) is 0.0891. The molecule has 0 atom stereocenters. The smallest absolute Gasteiger partial charge is 0.238 e. The largest absolute Gasteiger partial charge is 0.495 e. The van der Waals surface area contributed by atoms with Gasteiger partial charge in [-0.25, -0.2) is 0 Å². The average molecular weight is 341 g/mol. The summed E-state index contributed by atoms with van der Waals surface area (Å²) in [5, 5.41) is 3.41. The number of ether oxygens (including phenoxy) is 3. The summed E-state index contributed by atoms with van der Waals surface area (Å²) in [6, 6.07) is 5.14. The zero-order chi connectivity index (χ0) is 16.3. The van der Waals surface area contributed by atoms with Gasteiger partial charge in [0.2, 0.25) is 5.91 Å². The summed E-state index contributed by atoms with van der Waals surface area (Å²) in [5.41, 5.74) is 0.584. The van der Waals surface area contributed by atoms with E-state index in [0.717, 1.165) is 25.9 Å². The maximum absolute atomic E-state index is 12.3. The Morgan fingerprint density at radius 1 is 1.35 bits per heavy atom. The molecule has 2 heterocycles. The molecule has 1 aromatic rings. The number of anilines is 1. The van der Waals surface area contributed by atoms with Crippen LogP contribution in [0.4, 0.5) is 5.69 Å². The lowest BCUT2D eigenvalue weighted by atomic mass is 10.0. The summed E-state index contributed by atoms with van der Waals surface area (Å²) in [6.07, 6.45) is 1.58. The van der Waals surface area contributed by atoms with Crippen LogP contribution in [0.15, 0.2) is 18.2 Å². The van der Waals surface area contributed by atoms with Gasteiger partial charge in [0.05, 0.1) is 32.6 Å². The van der Waals surface area contributed by atoms with Gasteiger partial charge in [0.15, 0.2) is 5.79 Å². The minimum absolute atomic E-state index is 0.0882. The Bertz CT molecular complexity index is 565. The maximum Gasteiger partial charge on any atom is 0.238 e. The molecule has 0 radical (unpaired) electrons. The van der Waals surface area contributed by atoms with Gasteiger partial charge < -0.3 is 19.5 Å². The third-order valence-corrected chi connectivity index (χ3v) is 4.47. The SMILES string of the molecule is COc1ccc(Cl)cc1NC(=O)CN1CCC2(CC1)OCCO2. The van der Waals surface area contributed by atoms with Crippen molar-refractivity contribution in [2.75, 3.05) is 45.3 Å². The minimum atomic E-state index is -0.414. The van der Waals surface area contributed by atoms with E-state index in [1.54, 1.807) is 25.3 Å². The number of benzene rings is 1. The van der Waals surface area contributed by atoms with Crippen molar-refractivity contribution in [3.63, 3.8) is 0 Å². The summed E-state index contributed by atoms with van der Waals surface area (Å²) >= 11 is 5.97. The second-order valence-corrected chi connectivity index (χ2v) is 6.21. The van der Waals surface area contributed by atoms with Crippen LogP contribution in [0.2, 0.25) is 5.02 Å². The molecule has 0 aliphatic carbocycles. The Balaban J connectivity index is 1.53. The zero-order valence-corrected chi connectivity index (χ0v) is 13.9. The third kappa shape index (κ3) is 3.95. The molecule has 7 heteroatoms. The molecule has 2 saturated heterocycles. The van der Waals surface area contributed by atoms with Crippen LogP contribution in [0.3, 0.4) is 0 Å². The molecule has 2 aliphatic rings. The highest BCUT2D eigenvalue weighted by atomic mass is 35.5. The van der Waals surface area contributed by atoms with Crippen LogP contribution in [0.5, 0.6) is 5.75 Å². The molecule has 126 valence electrons. The Hall–Kier alpha value is -1.34. The molecular formula is C16H21ClN2O4. The van der Waals surface area contributed by atoms with E-state index in [1.807, 2.05) is 0 Å². The minimum Gasteiger partial charge on any atom is -0.495 e. The van der Waals surface area contributed by atoms with Gasteiger partial charge in [-0.15, -0.1) is 0 Å². The highest BCUT2D eigenvalue weighted by Gasteiger charge is 2.39. The molecule has 1 amide bonds. The highest BCUT2D eigenvalue weighted by Crippen LogP contribution is 2.31. The van der Waals surface area contributed by atoms with Crippen molar-refractivity contribution in [3.8, 4) is 5.75 Å². The maximum atomic E-state index is 12.3. The first kappa shape index (κ1) is 16.5. The Labute approximate surface area is 140 Å². The summed E-state index contributed by atoms with van der Waals surface area (Å²) < 4.78 is 16.6. The number of hydrogen-bond acceptors (Lipinski definition) is 5. The molecule has 0 aromatic heterocycles. The van der Waals surface area contributed by atoms with E-state index in [1.165, 1.54) is 0 Å². The van der Waals surface area contributed by atoms with Crippen molar-refractivity contribution in [2.45, 2.75) is 18.6 Å². The van der Waals surface area contributed by atoms with E-state index < -0.39 is 5.79 Å². The van der Waals surface area contributed by atoms with E-state index in [-0.39, 0.29) is 5.91 Å². The third-order valence-electron chi connectivity index (χ3n) is 4.23. The molecule has 6 nitrogen and oxygen atoms in total. The molecule has 1 N–H and O–H groups in total. The average Bonchev–Trinajstić information content (AvgIpc) is 2.98. The van der Waals surface area contributed by atoms with Crippen molar-refractivity contribution in [2.24, 2.45) is 0 Å². The van der Waals surface area contributed by atoms with Crippen LogP contribution in [-0.4, -0.2) is 56.6 Å². The number of nitrogens with zero attached hydrogens (tertiary/aromatic N) is 1. The van der Waals surface area contributed by atoms with Crippen molar-refractivity contribution in [1.82, 2.24) is 4.90 Å². The van der Waals surface area contributed by atoms with E-state index >= 15 is 0 Å². The number of carbonyl (C=O) groups is 1. The summed E-state index contributed by atoms with van der Waals surface area (Å²) in [7, 11) is 1.56. The first-order valence-electron chi connectivity index (χ1n) is 7.74. The highest BCUT2D eigenvalue weighted by molar-refractivity contribution is 6.31. The summed E-state index contributed by atoms with van der Waals surface area (Å²) in [6.45, 7) is 3.20. The monoisotopic (exact) mass is 340 g/mol. The van der Waals surface area contributed by atoms with Crippen LogP contribution >= 0.6 is 11.6 Å². The van der Waals surface area contributed by atoms with Crippen LogP contribution in [-0.2, 0) is 14.3 Å². The van der Waals surface area contributed by atoms with Gasteiger partial charge >= 0.3 is 0 Å². The quantitative estimate of drug-likeness (QED) is 0.909. The van der Waals surface area contributed by atoms with Crippen molar-refractivity contribution >= 4 is 23.2 Å². The second-order valence-electron chi connectivity index (χ2n) is 5.78. The number of halogens is 1. The second kappa shape index (κ2) is 7.05. The summed E-state index contributed by atoms with van der Waals surface area (Å²) in [4.78, 5) is 14.4. The fourth-order valence-corrected chi connectivity index (χ4v) is 3.18. The number of rotatable bonds is 4. The molecule has 23 heavy (non-hydrogen) atoms. The molecule has 0 unspecified atom stereocenters. The Kier molecular flexibility index (Phi) is 5.06. The van der Waals surface area contributed by atoms with E-state index in [9.17, 15) is 4.79 Å². The van der Waals surface area contributed by atoms with E-state index in [4.69, 9.17) is 25.8 Å². The predicted octanol–water partition coefficient (Wildman–Crippen LogP) is 2.13. The molecule has 0 saturated carbocycles. The van der Waals surface area contributed by atoms with Crippen LogP contribution in [0.25, 0.3) is 0 Å². The number of amides is 1. The van der Waals surface area contributed by atoms with Crippen LogP contribution in [0, 0.1) is 0 Å². The fraction of sp³-hybridized carbons (Fsp3) is 0.562. The van der Waals surface area contributed by atoms with Gasteiger partial charge in [-0.2, -0.15) is 0 Å². The number of piperidine rings is 1. The number of likely N-dealkylation sites (tertiary alicyclic amines) is 1. The lowest BCUT2D eigenvalue weighted by Crippen LogP contribution is -2.47. The first-order chi connectivity index (χ1) is 11.1. The van der Waals surface area contributed by atoms with Crippen molar-refractivity contribution in [1.29, 1.82) is 0 Å². The number of hydrogen-bond donors (Lipinski definition) is 1. The van der Waals surface area contributed by atoms with Crippen LogP contribution in [0.1, 0.15) is 12.8 Å². The lowest BCUT2D eigenvalue weighted by molar-refractivity contribution is -0.185. The molecule has 1 spiro atoms. The normalized spacial score (nSPS) is 20.6. The molecule has 3 rings (SSSR count). The number of methoxy groups -OCH3 is 1. The molecule has 1 aromatic carbocycles. The fourth-order valence-electron chi connectivity index (χ4n) is 3.01. The zero-order valence-electron chi connectivity index (χ0n) is 13.1. The van der Waals surface area contributed by atoms with Gasteiger partial charge in [0, 0.05) is 31.0 Å². The Morgan fingerprint density at radius 3 is 2.70 bits per heavy atom. The molecule has 0 bridgehead atoms. The van der Waals surface area contributed by atoms with Crippen LogP contribution < -0.4 is 10.1 Å². The van der Waals surface area contributed by atoms with Gasteiger partial charge in [0.1, 0.15) is 5.75 Å². The number of nitrogens with one attached hydrogen (secondary N) is 1. The first-order valence-corrected chi connectivity index (χ1v) is 8.12. The predicted molar refractivity (Wildman–Crippen MR) is 86.9 cm³/mol. The van der Waals surface area contributed by atoms with E-state index in [2.05, 4.69) is 10.2 Å². The van der Waals surface area contributed by atoms with E-state index in [0.29, 0.717) is 36.2 Å². The number of carbonyl (C=O) groups excluding carboxylic acids is 1. The lowest BCUT2D eigenvalue weighted by Gasteiger charge is -2.37.